The van der Waals surface area contributed by atoms with Gasteiger partial charge in [-0.25, -0.2) is 5.84 Å². The molecule has 1 saturated heterocycles. The van der Waals surface area contributed by atoms with E-state index in [0.29, 0.717) is 0 Å². The molecule has 0 saturated carbocycles. The van der Waals surface area contributed by atoms with Gasteiger partial charge in [-0.1, -0.05) is 0 Å². The standard InChI is InChI=1S/C9H15N5O/c1-13-6-7(14-4-2-3-11-14)5-8(13)9(15)12-10/h2-4,7-8H,5-6,10H2,1H3,(H,12,15)/t7-,8?/m0/s1. The Hall–Kier alpha value is -1.40. The molecule has 82 valence electrons. The summed E-state index contributed by atoms with van der Waals surface area (Å²) in [4.78, 5) is 13.4. The number of hydrogen-bond acceptors (Lipinski definition) is 4. The van der Waals surface area contributed by atoms with Crippen LogP contribution >= 0.6 is 0 Å². The van der Waals surface area contributed by atoms with Crippen molar-refractivity contribution in [1.82, 2.24) is 20.1 Å². The van der Waals surface area contributed by atoms with Gasteiger partial charge in [0.25, 0.3) is 5.91 Å². The Bertz CT molecular complexity index is 336. The Morgan fingerprint density at radius 1 is 1.67 bits per heavy atom. The van der Waals surface area contributed by atoms with Crippen molar-refractivity contribution < 1.29 is 4.79 Å². The number of nitrogens with zero attached hydrogens (tertiary/aromatic N) is 3. The van der Waals surface area contributed by atoms with Gasteiger partial charge in [0.1, 0.15) is 0 Å². The molecule has 0 aliphatic carbocycles. The van der Waals surface area contributed by atoms with E-state index in [0.717, 1.165) is 13.0 Å². The van der Waals surface area contributed by atoms with E-state index in [-0.39, 0.29) is 18.0 Å². The van der Waals surface area contributed by atoms with E-state index < -0.39 is 0 Å². The van der Waals surface area contributed by atoms with Crippen LogP contribution in [-0.4, -0.2) is 40.2 Å². The summed E-state index contributed by atoms with van der Waals surface area (Å²) in [6.45, 7) is 0.819. The Morgan fingerprint density at radius 2 is 2.47 bits per heavy atom. The molecule has 1 aliphatic rings. The predicted molar refractivity (Wildman–Crippen MR) is 54.6 cm³/mol. The zero-order valence-electron chi connectivity index (χ0n) is 8.63. The normalized spacial score (nSPS) is 26.8. The quantitative estimate of drug-likeness (QED) is 0.377. The number of aromatic nitrogens is 2. The van der Waals surface area contributed by atoms with Crippen LogP contribution in [0.1, 0.15) is 12.5 Å². The van der Waals surface area contributed by atoms with Crippen LogP contribution in [0.15, 0.2) is 18.5 Å². The maximum atomic E-state index is 11.4. The van der Waals surface area contributed by atoms with E-state index in [1.54, 1.807) is 6.20 Å². The van der Waals surface area contributed by atoms with Gasteiger partial charge < -0.3 is 0 Å². The third-order valence-corrected chi connectivity index (χ3v) is 2.87. The lowest BCUT2D eigenvalue weighted by Crippen LogP contribution is -2.44. The van der Waals surface area contributed by atoms with Crippen molar-refractivity contribution >= 4 is 5.91 Å². The monoisotopic (exact) mass is 209 g/mol. The molecule has 1 aromatic rings. The summed E-state index contributed by atoms with van der Waals surface area (Å²) in [5, 5.41) is 4.18. The van der Waals surface area contributed by atoms with Gasteiger partial charge in [-0.2, -0.15) is 5.10 Å². The summed E-state index contributed by atoms with van der Waals surface area (Å²) in [5.41, 5.74) is 2.19. The number of nitrogens with two attached hydrogens (primary N) is 1. The van der Waals surface area contributed by atoms with E-state index in [2.05, 4.69) is 10.5 Å². The smallest absolute Gasteiger partial charge is 0.251 e. The number of carbonyl (C=O) groups is 1. The maximum absolute atomic E-state index is 11.4. The van der Waals surface area contributed by atoms with Gasteiger partial charge in [-0.15, -0.1) is 0 Å². The van der Waals surface area contributed by atoms with Gasteiger partial charge in [0, 0.05) is 18.9 Å². The van der Waals surface area contributed by atoms with E-state index >= 15 is 0 Å². The van der Waals surface area contributed by atoms with Crippen LogP contribution in [0.3, 0.4) is 0 Å². The minimum absolute atomic E-state index is 0.132. The molecule has 0 aromatic carbocycles. The molecule has 2 rings (SSSR count). The SMILES string of the molecule is CN1C[C@@H](n2cccn2)CC1C(=O)NN. The first-order valence-corrected chi connectivity index (χ1v) is 4.92. The van der Waals surface area contributed by atoms with E-state index in [4.69, 9.17) is 5.84 Å². The number of carbonyl (C=O) groups excluding carboxylic acids is 1. The predicted octanol–water partition coefficient (Wildman–Crippen LogP) is -0.882. The topological polar surface area (TPSA) is 76.2 Å². The second kappa shape index (κ2) is 4.00. The number of amides is 1. The zero-order valence-corrected chi connectivity index (χ0v) is 8.63. The van der Waals surface area contributed by atoms with Gasteiger partial charge in [-0.05, 0) is 19.5 Å². The molecule has 6 heteroatoms. The molecule has 6 nitrogen and oxygen atoms in total. The van der Waals surface area contributed by atoms with Gasteiger partial charge in [0.2, 0.25) is 0 Å². The maximum Gasteiger partial charge on any atom is 0.251 e. The zero-order chi connectivity index (χ0) is 10.8. The molecule has 15 heavy (non-hydrogen) atoms. The molecule has 0 bridgehead atoms. The lowest BCUT2D eigenvalue weighted by Gasteiger charge is -2.16. The Morgan fingerprint density at radius 3 is 3.07 bits per heavy atom. The summed E-state index contributed by atoms with van der Waals surface area (Å²) < 4.78 is 1.89. The molecular weight excluding hydrogens is 194 g/mol. The fraction of sp³-hybridized carbons (Fsp3) is 0.556. The Labute approximate surface area is 88.0 Å². The fourth-order valence-corrected chi connectivity index (χ4v) is 2.06. The molecule has 2 atom stereocenters. The van der Waals surface area contributed by atoms with Crippen molar-refractivity contribution in [2.24, 2.45) is 5.84 Å². The highest BCUT2D eigenvalue weighted by Crippen LogP contribution is 2.25. The Kier molecular flexibility index (Phi) is 2.70. The largest absolute Gasteiger partial charge is 0.293 e. The second-order valence-corrected chi connectivity index (χ2v) is 3.84. The molecule has 1 unspecified atom stereocenters. The van der Waals surface area contributed by atoms with Crippen LogP contribution in [0.5, 0.6) is 0 Å². The third kappa shape index (κ3) is 1.86. The average Bonchev–Trinajstić information content (AvgIpc) is 2.84. The van der Waals surface area contributed by atoms with Crippen LogP contribution in [0.2, 0.25) is 0 Å². The van der Waals surface area contributed by atoms with Crippen LogP contribution in [0.4, 0.5) is 0 Å². The van der Waals surface area contributed by atoms with Crippen LogP contribution in [0.25, 0.3) is 0 Å². The highest BCUT2D eigenvalue weighted by molar-refractivity contribution is 5.81. The first-order chi connectivity index (χ1) is 7.22. The number of rotatable bonds is 2. The minimum Gasteiger partial charge on any atom is -0.293 e. The van der Waals surface area contributed by atoms with E-state index in [1.807, 2.05) is 28.9 Å². The molecule has 0 radical (unpaired) electrons. The molecule has 2 heterocycles. The fourth-order valence-electron chi connectivity index (χ4n) is 2.06. The van der Waals surface area contributed by atoms with Crippen LogP contribution in [-0.2, 0) is 4.79 Å². The van der Waals surface area contributed by atoms with Gasteiger partial charge in [0.05, 0.1) is 12.1 Å². The molecule has 3 N–H and O–H groups in total. The average molecular weight is 209 g/mol. The highest BCUT2D eigenvalue weighted by Gasteiger charge is 2.35. The number of nitrogens with one attached hydrogen (secondary N) is 1. The third-order valence-electron chi connectivity index (χ3n) is 2.87. The summed E-state index contributed by atoms with van der Waals surface area (Å²) in [7, 11) is 1.92. The van der Waals surface area contributed by atoms with Crippen LogP contribution < -0.4 is 11.3 Å². The van der Waals surface area contributed by atoms with E-state index in [1.165, 1.54) is 0 Å². The van der Waals surface area contributed by atoms with E-state index in [9.17, 15) is 4.79 Å². The summed E-state index contributed by atoms with van der Waals surface area (Å²) in [6.07, 6.45) is 4.42. The lowest BCUT2D eigenvalue weighted by molar-refractivity contribution is -0.125. The van der Waals surface area contributed by atoms with Crippen molar-refractivity contribution in [3.8, 4) is 0 Å². The highest BCUT2D eigenvalue weighted by atomic mass is 16.2. The molecule has 1 amide bonds. The molecule has 0 spiro atoms. The molecule has 1 fully saturated rings. The number of hydrazine groups is 1. The second-order valence-electron chi connectivity index (χ2n) is 3.84. The van der Waals surface area contributed by atoms with Crippen molar-refractivity contribution in [2.45, 2.75) is 18.5 Å². The number of hydrogen-bond donors (Lipinski definition) is 2. The molecule has 1 aliphatic heterocycles. The lowest BCUT2D eigenvalue weighted by atomic mass is 10.1. The first kappa shape index (κ1) is 10.1. The van der Waals surface area contributed by atoms with Gasteiger partial charge in [-0.3, -0.25) is 19.8 Å². The summed E-state index contributed by atoms with van der Waals surface area (Å²) >= 11 is 0. The summed E-state index contributed by atoms with van der Waals surface area (Å²) in [6, 6.07) is 1.99. The van der Waals surface area contributed by atoms with Gasteiger partial charge in [0.15, 0.2) is 0 Å². The van der Waals surface area contributed by atoms with Crippen molar-refractivity contribution in [3.63, 3.8) is 0 Å². The van der Waals surface area contributed by atoms with Crippen LogP contribution in [0, 0.1) is 0 Å². The van der Waals surface area contributed by atoms with Crippen molar-refractivity contribution in [3.05, 3.63) is 18.5 Å². The number of likely N-dealkylation sites (N-methyl/N-ethyl adjacent to an activating group) is 1. The van der Waals surface area contributed by atoms with Crippen molar-refractivity contribution in [2.75, 3.05) is 13.6 Å². The molecular formula is C9H15N5O. The Balaban J connectivity index is 2.07. The van der Waals surface area contributed by atoms with Gasteiger partial charge >= 0.3 is 0 Å². The number of likely N-dealkylation sites (tertiary alicyclic amines) is 1. The first-order valence-electron chi connectivity index (χ1n) is 4.92. The van der Waals surface area contributed by atoms with Crippen molar-refractivity contribution in [1.29, 1.82) is 0 Å². The minimum atomic E-state index is -0.149. The molecule has 1 aromatic heterocycles. The summed E-state index contributed by atoms with van der Waals surface area (Å²) in [5.74, 6) is 5.00.